The molecule has 1 aromatic heterocycles. The van der Waals surface area contributed by atoms with Crippen LogP contribution in [0.25, 0.3) is 11.5 Å². The van der Waals surface area contributed by atoms with Gasteiger partial charge in [-0.1, -0.05) is 29.8 Å². The van der Waals surface area contributed by atoms with Crippen molar-refractivity contribution in [2.24, 2.45) is 0 Å². The Kier molecular flexibility index (Phi) is 5.06. The largest absolute Gasteiger partial charge is 0.419 e. The highest BCUT2D eigenvalue weighted by Crippen LogP contribution is 2.34. The molecule has 2 aromatic carbocycles. The van der Waals surface area contributed by atoms with Crippen LogP contribution in [0.3, 0.4) is 0 Å². The Balaban J connectivity index is 1.58. The number of aromatic nitrogens is 1. The second-order valence-electron chi connectivity index (χ2n) is 6.51. The zero-order valence-electron chi connectivity index (χ0n) is 15.3. The van der Waals surface area contributed by atoms with Gasteiger partial charge in [0.05, 0.1) is 4.92 Å². The Labute approximate surface area is 171 Å². The number of halogens is 1. The van der Waals surface area contributed by atoms with Crippen molar-refractivity contribution in [1.82, 2.24) is 4.98 Å². The lowest BCUT2D eigenvalue weighted by molar-refractivity contribution is -0.384. The molecule has 0 saturated carbocycles. The van der Waals surface area contributed by atoms with Crippen molar-refractivity contribution >= 4 is 28.9 Å². The molecule has 0 radical (unpaired) electrons. The molecule has 2 heterocycles. The third-order valence-electron chi connectivity index (χ3n) is 4.79. The number of benzene rings is 2. The lowest BCUT2D eigenvalue weighted by atomic mass is 10.2. The van der Waals surface area contributed by atoms with E-state index >= 15 is 0 Å². The summed E-state index contributed by atoms with van der Waals surface area (Å²) < 4.78 is 5.83. The first-order valence-electron chi connectivity index (χ1n) is 8.97. The van der Waals surface area contributed by atoms with Gasteiger partial charge in [-0.05, 0) is 24.3 Å². The van der Waals surface area contributed by atoms with Gasteiger partial charge >= 0.3 is 0 Å². The third-order valence-corrected chi connectivity index (χ3v) is 5.02. The minimum atomic E-state index is -0.491. The number of rotatable bonds is 4. The highest BCUT2D eigenvalue weighted by Gasteiger charge is 2.27. The Hall–Kier alpha value is -3.57. The van der Waals surface area contributed by atoms with Crippen LogP contribution in [0.5, 0.6) is 0 Å². The number of para-hydroxylation sites is 1. The summed E-state index contributed by atoms with van der Waals surface area (Å²) in [5.74, 6) is 0.410. The van der Waals surface area contributed by atoms with Gasteiger partial charge in [-0.15, -0.1) is 0 Å². The van der Waals surface area contributed by atoms with Gasteiger partial charge in [0.2, 0.25) is 17.5 Å². The second kappa shape index (κ2) is 7.81. The van der Waals surface area contributed by atoms with E-state index in [0.29, 0.717) is 37.1 Å². The summed E-state index contributed by atoms with van der Waals surface area (Å²) in [6, 6.07) is 15.9. The highest BCUT2D eigenvalue weighted by atomic mass is 35.5. The van der Waals surface area contributed by atoms with E-state index in [9.17, 15) is 15.4 Å². The summed E-state index contributed by atoms with van der Waals surface area (Å²) in [5.41, 5.74) is 1.29. The SMILES string of the molecule is N#Cc1nc(-c2ccccc2[N+](=O)[O-])oc1N1CCN(c2cccc(Cl)c2)CC1. The molecule has 0 atom stereocenters. The van der Waals surface area contributed by atoms with E-state index < -0.39 is 4.92 Å². The van der Waals surface area contributed by atoms with E-state index in [1.165, 1.54) is 6.07 Å². The number of nitro groups is 1. The molecule has 0 aliphatic carbocycles. The van der Waals surface area contributed by atoms with Crippen LogP contribution in [-0.2, 0) is 0 Å². The quantitative estimate of drug-likeness (QED) is 0.472. The summed E-state index contributed by atoms with van der Waals surface area (Å²) >= 11 is 6.08. The van der Waals surface area contributed by atoms with Gasteiger partial charge in [-0.3, -0.25) is 10.1 Å². The molecule has 1 fully saturated rings. The van der Waals surface area contributed by atoms with Gasteiger partial charge in [0.15, 0.2) is 0 Å². The van der Waals surface area contributed by atoms with Crippen LogP contribution in [0.15, 0.2) is 52.9 Å². The van der Waals surface area contributed by atoms with Crippen molar-refractivity contribution in [3.8, 4) is 17.5 Å². The summed E-state index contributed by atoms with van der Waals surface area (Å²) in [6.45, 7) is 2.67. The summed E-state index contributed by atoms with van der Waals surface area (Å²) in [6.07, 6.45) is 0. The summed E-state index contributed by atoms with van der Waals surface area (Å²) in [5, 5.41) is 21.5. The van der Waals surface area contributed by atoms with E-state index in [2.05, 4.69) is 9.88 Å². The number of nitrogens with zero attached hydrogens (tertiary/aromatic N) is 5. The second-order valence-corrected chi connectivity index (χ2v) is 6.95. The average molecular weight is 410 g/mol. The fraction of sp³-hybridized carbons (Fsp3) is 0.200. The van der Waals surface area contributed by atoms with Gasteiger partial charge in [0.1, 0.15) is 11.6 Å². The molecule has 0 spiro atoms. The number of hydrogen-bond acceptors (Lipinski definition) is 7. The van der Waals surface area contributed by atoms with Crippen molar-refractivity contribution in [2.45, 2.75) is 0 Å². The predicted molar refractivity (Wildman–Crippen MR) is 109 cm³/mol. The Bertz CT molecular complexity index is 1100. The summed E-state index contributed by atoms with van der Waals surface area (Å²) in [4.78, 5) is 19.1. The monoisotopic (exact) mass is 409 g/mol. The third kappa shape index (κ3) is 3.73. The number of oxazole rings is 1. The van der Waals surface area contributed by atoms with Crippen molar-refractivity contribution in [3.63, 3.8) is 0 Å². The van der Waals surface area contributed by atoms with E-state index in [-0.39, 0.29) is 22.8 Å². The topological polar surface area (TPSA) is 99.4 Å². The molecule has 1 saturated heterocycles. The lowest BCUT2D eigenvalue weighted by Gasteiger charge is -2.35. The highest BCUT2D eigenvalue weighted by molar-refractivity contribution is 6.30. The number of hydrogen-bond donors (Lipinski definition) is 0. The molecule has 4 rings (SSSR count). The number of anilines is 2. The fourth-order valence-corrected chi connectivity index (χ4v) is 3.55. The smallest absolute Gasteiger partial charge is 0.282 e. The molecule has 3 aromatic rings. The molecule has 9 heteroatoms. The maximum Gasteiger partial charge on any atom is 0.282 e. The van der Waals surface area contributed by atoms with Crippen LogP contribution in [0.1, 0.15) is 5.69 Å². The summed E-state index contributed by atoms with van der Waals surface area (Å²) in [7, 11) is 0. The number of piperazine rings is 1. The predicted octanol–water partition coefficient (Wildman–Crippen LogP) is 4.10. The molecule has 0 N–H and O–H groups in total. The first-order chi connectivity index (χ1) is 14.1. The Morgan fingerprint density at radius 1 is 1.10 bits per heavy atom. The van der Waals surface area contributed by atoms with Crippen molar-refractivity contribution < 1.29 is 9.34 Å². The molecule has 1 aliphatic heterocycles. The zero-order valence-corrected chi connectivity index (χ0v) is 16.0. The first kappa shape index (κ1) is 18.8. The molecule has 1 aliphatic rings. The van der Waals surface area contributed by atoms with Crippen LogP contribution in [0.2, 0.25) is 5.02 Å². The molecule has 8 nitrogen and oxygen atoms in total. The minimum Gasteiger partial charge on any atom is -0.419 e. The fourth-order valence-electron chi connectivity index (χ4n) is 3.37. The zero-order chi connectivity index (χ0) is 20.4. The van der Waals surface area contributed by atoms with Gasteiger partial charge in [0.25, 0.3) is 5.69 Å². The molecule has 0 unspecified atom stereocenters. The molecule has 29 heavy (non-hydrogen) atoms. The van der Waals surface area contributed by atoms with E-state index in [1.54, 1.807) is 18.2 Å². The molecule has 0 amide bonds. The maximum absolute atomic E-state index is 11.3. The van der Waals surface area contributed by atoms with Gasteiger partial charge in [0, 0.05) is 43.0 Å². The molecule has 146 valence electrons. The molecular formula is C20H16ClN5O3. The van der Waals surface area contributed by atoms with Crippen LogP contribution in [0, 0.1) is 21.4 Å². The molecular weight excluding hydrogens is 394 g/mol. The Morgan fingerprint density at radius 2 is 1.83 bits per heavy atom. The minimum absolute atomic E-state index is 0.0705. The number of nitriles is 1. The standard InChI is InChI=1S/C20H16ClN5O3/c21-14-4-3-5-15(12-14)24-8-10-25(11-9-24)20-17(13-22)23-19(29-20)16-6-1-2-7-18(16)26(27)28/h1-7,12H,8-11H2. The van der Waals surface area contributed by atoms with Gasteiger partial charge < -0.3 is 14.2 Å². The van der Waals surface area contributed by atoms with E-state index in [1.807, 2.05) is 35.2 Å². The van der Waals surface area contributed by atoms with Crippen molar-refractivity contribution in [1.29, 1.82) is 5.26 Å². The van der Waals surface area contributed by atoms with Crippen LogP contribution < -0.4 is 9.80 Å². The van der Waals surface area contributed by atoms with E-state index in [4.69, 9.17) is 16.0 Å². The van der Waals surface area contributed by atoms with Crippen LogP contribution in [0.4, 0.5) is 17.3 Å². The number of nitro benzene ring substituents is 1. The van der Waals surface area contributed by atoms with Crippen molar-refractivity contribution in [3.05, 3.63) is 69.4 Å². The van der Waals surface area contributed by atoms with Crippen molar-refractivity contribution in [2.75, 3.05) is 36.0 Å². The average Bonchev–Trinajstić information content (AvgIpc) is 3.18. The first-order valence-corrected chi connectivity index (χ1v) is 9.35. The van der Waals surface area contributed by atoms with Crippen LogP contribution in [-0.4, -0.2) is 36.1 Å². The van der Waals surface area contributed by atoms with Gasteiger partial charge in [-0.2, -0.15) is 10.2 Å². The van der Waals surface area contributed by atoms with Gasteiger partial charge in [-0.25, -0.2) is 0 Å². The van der Waals surface area contributed by atoms with Crippen LogP contribution >= 0.6 is 11.6 Å². The van der Waals surface area contributed by atoms with E-state index in [0.717, 1.165) is 5.69 Å². The normalized spacial score (nSPS) is 13.9. The molecule has 0 bridgehead atoms. The lowest BCUT2D eigenvalue weighted by Crippen LogP contribution is -2.46. The maximum atomic E-state index is 11.3. The Morgan fingerprint density at radius 3 is 2.52 bits per heavy atom.